The Balaban J connectivity index is 1.83. The van der Waals surface area contributed by atoms with Gasteiger partial charge in [0.25, 0.3) is 11.8 Å². The second-order valence-corrected chi connectivity index (χ2v) is 5.39. The van der Waals surface area contributed by atoms with Crippen molar-refractivity contribution in [2.24, 2.45) is 0 Å². The van der Waals surface area contributed by atoms with Crippen molar-refractivity contribution in [3.05, 3.63) is 58.9 Å². The van der Waals surface area contributed by atoms with Gasteiger partial charge in [0.1, 0.15) is 6.04 Å². The molecule has 0 radical (unpaired) electrons. The number of imide groups is 1. The van der Waals surface area contributed by atoms with Crippen LogP contribution in [-0.2, 0) is 4.79 Å². The lowest BCUT2D eigenvalue weighted by molar-refractivity contribution is -0.119. The third kappa shape index (κ3) is 2.57. The van der Waals surface area contributed by atoms with E-state index in [0.717, 1.165) is 4.90 Å². The first-order chi connectivity index (χ1) is 11.0. The van der Waals surface area contributed by atoms with Crippen LogP contribution in [0.1, 0.15) is 27.6 Å². The van der Waals surface area contributed by atoms with E-state index < -0.39 is 23.8 Å². The van der Waals surface area contributed by atoms with E-state index in [4.69, 9.17) is 11.6 Å². The summed E-state index contributed by atoms with van der Waals surface area (Å²) in [6.07, 6.45) is 1.49. The van der Waals surface area contributed by atoms with E-state index in [9.17, 15) is 14.4 Å². The summed E-state index contributed by atoms with van der Waals surface area (Å²) < 4.78 is 0. The lowest BCUT2D eigenvalue weighted by Crippen LogP contribution is -2.45. The zero-order valence-corrected chi connectivity index (χ0v) is 12.9. The van der Waals surface area contributed by atoms with Gasteiger partial charge in [-0.25, -0.2) is 4.98 Å². The van der Waals surface area contributed by atoms with E-state index in [-0.39, 0.29) is 5.15 Å². The van der Waals surface area contributed by atoms with E-state index in [1.165, 1.54) is 13.1 Å². The molecule has 3 rings (SSSR count). The zero-order valence-electron chi connectivity index (χ0n) is 12.1. The Kier molecular flexibility index (Phi) is 3.83. The van der Waals surface area contributed by atoms with Crippen LogP contribution in [0.2, 0.25) is 5.15 Å². The summed E-state index contributed by atoms with van der Waals surface area (Å²) in [4.78, 5) is 41.9. The molecule has 0 saturated heterocycles. The summed E-state index contributed by atoms with van der Waals surface area (Å²) >= 11 is 5.89. The van der Waals surface area contributed by atoms with Gasteiger partial charge in [-0.3, -0.25) is 19.3 Å². The van der Waals surface area contributed by atoms with Gasteiger partial charge >= 0.3 is 0 Å². The fraction of sp³-hybridized carbons (Fsp3) is 0.125. The Bertz CT molecular complexity index is 787. The minimum absolute atomic E-state index is 0.135. The van der Waals surface area contributed by atoms with Crippen molar-refractivity contribution in [1.29, 1.82) is 0 Å². The monoisotopic (exact) mass is 329 g/mol. The number of nitrogens with zero attached hydrogens (tertiary/aromatic N) is 2. The normalized spacial score (nSPS) is 14.6. The van der Waals surface area contributed by atoms with Gasteiger partial charge in [0.15, 0.2) is 5.15 Å². The number of carbonyl (C=O) groups excluding carboxylic acids is 3. The van der Waals surface area contributed by atoms with Crippen molar-refractivity contribution in [1.82, 2.24) is 9.88 Å². The molecule has 1 aliphatic rings. The number of aromatic nitrogens is 1. The third-order valence-electron chi connectivity index (χ3n) is 3.61. The van der Waals surface area contributed by atoms with E-state index in [2.05, 4.69) is 10.3 Å². The molecule has 3 amide bonds. The molecule has 1 N–H and O–H groups in total. The number of fused-ring (bicyclic) bond motifs is 1. The Hall–Kier alpha value is -2.73. The molecule has 6 nitrogen and oxygen atoms in total. The highest BCUT2D eigenvalue weighted by Gasteiger charge is 2.40. The van der Waals surface area contributed by atoms with Crippen LogP contribution in [0, 0.1) is 0 Å². The standard InChI is InChI=1S/C16H12ClN3O3/c1-9(14(21)19-12-7-4-8-18-13(12)17)20-15(22)10-5-2-3-6-11(10)16(20)23/h2-9H,1H3,(H,19,21). The van der Waals surface area contributed by atoms with Gasteiger partial charge in [-0.1, -0.05) is 23.7 Å². The van der Waals surface area contributed by atoms with Crippen LogP contribution >= 0.6 is 11.6 Å². The molecular formula is C16H12ClN3O3. The van der Waals surface area contributed by atoms with E-state index in [1.54, 1.807) is 36.4 Å². The van der Waals surface area contributed by atoms with Crippen molar-refractivity contribution in [3.8, 4) is 0 Å². The molecular weight excluding hydrogens is 318 g/mol. The molecule has 0 aliphatic carbocycles. The van der Waals surface area contributed by atoms with Crippen molar-refractivity contribution in [3.63, 3.8) is 0 Å². The summed E-state index contributed by atoms with van der Waals surface area (Å²) in [5.74, 6) is -1.48. The Morgan fingerprint density at radius 1 is 1.13 bits per heavy atom. The highest BCUT2D eigenvalue weighted by atomic mass is 35.5. The Morgan fingerprint density at radius 3 is 2.30 bits per heavy atom. The molecule has 1 atom stereocenters. The van der Waals surface area contributed by atoms with Gasteiger partial charge < -0.3 is 5.32 Å². The molecule has 1 unspecified atom stereocenters. The van der Waals surface area contributed by atoms with Crippen LogP contribution < -0.4 is 5.32 Å². The summed E-state index contributed by atoms with van der Waals surface area (Å²) in [5.41, 5.74) is 0.927. The minimum Gasteiger partial charge on any atom is -0.322 e. The molecule has 1 aromatic heterocycles. The van der Waals surface area contributed by atoms with E-state index in [1.807, 2.05) is 0 Å². The maximum absolute atomic E-state index is 12.4. The second kappa shape index (κ2) is 5.81. The van der Waals surface area contributed by atoms with Crippen molar-refractivity contribution in [2.45, 2.75) is 13.0 Å². The van der Waals surface area contributed by atoms with Gasteiger partial charge in [-0.2, -0.15) is 0 Å². The molecule has 0 saturated carbocycles. The highest BCUT2D eigenvalue weighted by Crippen LogP contribution is 2.25. The minimum atomic E-state index is -0.973. The van der Waals surface area contributed by atoms with E-state index in [0.29, 0.717) is 16.8 Å². The fourth-order valence-electron chi connectivity index (χ4n) is 2.39. The van der Waals surface area contributed by atoms with Crippen LogP contribution in [0.3, 0.4) is 0 Å². The van der Waals surface area contributed by atoms with Crippen molar-refractivity contribution < 1.29 is 14.4 Å². The molecule has 0 fully saturated rings. The lowest BCUT2D eigenvalue weighted by Gasteiger charge is -2.21. The average Bonchev–Trinajstić information content (AvgIpc) is 2.81. The number of rotatable bonds is 3. The van der Waals surface area contributed by atoms with Crippen molar-refractivity contribution >= 4 is 35.0 Å². The number of halogens is 1. The SMILES string of the molecule is CC(C(=O)Nc1cccnc1Cl)N1C(=O)c2ccccc2C1=O. The summed E-state index contributed by atoms with van der Waals surface area (Å²) in [6, 6.07) is 8.72. The van der Waals surface area contributed by atoms with Crippen LogP contribution in [0.5, 0.6) is 0 Å². The second-order valence-electron chi connectivity index (χ2n) is 5.03. The van der Waals surface area contributed by atoms with Gasteiger partial charge in [0.2, 0.25) is 5.91 Å². The smallest absolute Gasteiger partial charge is 0.262 e. The first-order valence-electron chi connectivity index (χ1n) is 6.89. The molecule has 7 heteroatoms. The predicted molar refractivity (Wildman–Crippen MR) is 84.3 cm³/mol. The Morgan fingerprint density at radius 2 is 1.74 bits per heavy atom. The zero-order chi connectivity index (χ0) is 16.6. The molecule has 1 aliphatic heterocycles. The maximum atomic E-state index is 12.4. The topological polar surface area (TPSA) is 79.4 Å². The molecule has 23 heavy (non-hydrogen) atoms. The number of anilines is 1. The number of hydrogen-bond acceptors (Lipinski definition) is 4. The molecule has 2 aromatic rings. The van der Waals surface area contributed by atoms with Gasteiger partial charge in [0, 0.05) is 6.20 Å². The summed E-state index contributed by atoms with van der Waals surface area (Å²) in [7, 11) is 0. The summed E-state index contributed by atoms with van der Waals surface area (Å²) in [6.45, 7) is 1.49. The number of amides is 3. The average molecular weight is 330 g/mol. The number of hydrogen-bond donors (Lipinski definition) is 1. The number of carbonyl (C=O) groups is 3. The van der Waals surface area contributed by atoms with Gasteiger partial charge in [0.05, 0.1) is 16.8 Å². The molecule has 2 heterocycles. The predicted octanol–water partition coefficient (Wildman–Crippen LogP) is 2.36. The van der Waals surface area contributed by atoms with Crippen LogP contribution in [0.15, 0.2) is 42.6 Å². The van der Waals surface area contributed by atoms with Gasteiger partial charge in [-0.15, -0.1) is 0 Å². The van der Waals surface area contributed by atoms with Crippen molar-refractivity contribution in [2.75, 3.05) is 5.32 Å². The van der Waals surface area contributed by atoms with Crippen LogP contribution in [-0.4, -0.2) is 33.6 Å². The third-order valence-corrected chi connectivity index (χ3v) is 3.91. The number of benzene rings is 1. The number of nitrogens with one attached hydrogen (secondary N) is 1. The van der Waals surface area contributed by atoms with Gasteiger partial charge in [-0.05, 0) is 31.2 Å². The van der Waals surface area contributed by atoms with Crippen LogP contribution in [0.25, 0.3) is 0 Å². The number of pyridine rings is 1. The molecule has 1 aromatic carbocycles. The maximum Gasteiger partial charge on any atom is 0.262 e. The highest BCUT2D eigenvalue weighted by molar-refractivity contribution is 6.32. The van der Waals surface area contributed by atoms with Crippen LogP contribution in [0.4, 0.5) is 5.69 Å². The largest absolute Gasteiger partial charge is 0.322 e. The molecule has 0 bridgehead atoms. The molecule has 0 spiro atoms. The first-order valence-corrected chi connectivity index (χ1v) is 7.27. The summed E-state index contributed by atoms with van der Waals surface area (Å²) in [5, 5.41) is 2.71. The molecule has 116 valence electrons. The lowest BCUT2D eigenvalue weighted by atomic mass is 10.1. The fourth-order valence-corrected chi connectivity index (χ4v) is 2.56. The first kappa shape index (κ1) is 15.2. The Labute approximate surface area is 137 Å². The quantitative estimate of drug-likeness (QED) is 0.692. The van der Waals surface area contributed by atoms with E-state index >= 15 is 0 Å².